The summed E-state index contributed by atoms with van der Waals surface area (Å²) in [4.78, 5) is 10.1. The van der Waals surface area contributed by atoms with Crippen molar-refractivity contribution in [2.45, 2.75) is 13.0 Å². The van der Waals surface area contributed by atoms with Gasteiger partial charge in [-0.05, 0) is 6.92 Å². The third-order valence-corrected chi connectivity index (χ3v) is 1.00. The van der Waals surface area contributed by atoms with Gasteiger partial charge in [0.1, 0.15) is 6.61 Å². The van der Waals surface area contributed by atoms with E-state index in [2.05, 4.69) is 18.2 Å². The highest BCUT2D eigenvalue weighted by Crippen LogP contribution is 2.04. The molecule has 1 N–H and O–H groups in total. The van der Waals surface area contributed by atoms with Crippen LogP contribution in [0.4, 0.5) is 0 Å². The molecule has 0 aromatic rings. The summed E-state index contributed by atoms with van der Waals surface area (Å²) in [5.74, 6) is -0.501. The largest absolute Gasteiger partial charge is 0.460 e. The number of hydrogen-bond acceptors (Lipinski definition) is 4. The van der Waals surface area contributed by atoms with Crippen LogP contribution < -0.4 is 0 Å². The summed E-state index contributed by atoms with van der Waals surface area (Å²) in [7, 11) is 0. The molecule has 70 valence electrons. The molecular formula is C8H14O4. The molecule has 0 amide bonds. The average molecular weight is 174 g/mol. The fraction of sp³-hybridized carbons (Fsp3) is 0.625. The molecule has 0 bridgehead atoms. The van der Waals surface area contributed by atoms with E-state index in [0.29, 0.717) is 6.10 Å². The van der Waals surface area contributed by atoms with Crippen molar-refractivity contribution in [3.05, 3.63) is 12.7 Å². The Bertz CT molecular complexity index is 140. The molecule has 1 atom stereocenters. The van der Waals surface area contributed by atoms with E-state index in [-0.39, 0.29) is 13.2 Å². The summed E-state index contributed by atoms with van der Waals surface area (Å²) in [6, 6.07) is 0. The zero-order valence-corrected chi connectivity index (χ0v) is 7.16. The van der Waals surface area contributed by atoms with Gasteiger partial charge in [-0.25, -0.2) is 4.79 Å². The zero-order chi connectivity index (χ0) is 9.40. The van der Waals surface area contributed by atoms with Crippen LogP contribution in [-0.2, 0) is 14.3 Å². The quantitative estimate of drug-likeness (QED) is 0.375. The van der Waals surface area contributed by atoms with Crippen molar-refractivity contribution in [2.24, 2.45) is 0 Å². The number of aliphatic hydroxyl groups is 1. The van der Waals surface area contributed by atoms with Crippen LogP contribution in [0.1, 0.15) is 6.92 Å². The summed E-state index contributed by atoms with van der Waals surface area (Å²) >= 11 is 0. The molecule has 1 unspecified atom stereocenters. The Kier molecular flexibility index (Phi) is 6.32. The Morgan fingerprint density at radius 3 is 2.67 bits per heavy atom. The van der Waals surface area contributed by atoms with Crippen molar-refractivity contribution < 1.29 is 19.4 Å². The molecular weight excluding hydrogens is 160 g/mol. The summed E-state index contributed by atoms with van der Waals surface area (Å²) in [6.07, 6.45) is 1.63. The fourth-order valence-corrected chi connectivity index (χ4v) is 0.301. The van der Waals surface area contributed by atoms with Crippen molar-refractivity contribution in [3.63, 3.8) is 0 Å². The van der Waals surface area contributed by atoms with E-state index in [1.54, 1.807) is 0 Å². The van der Waals surface area contributed by atoms with Crippen LogP contribution in [0.5, 0.6) is 0 Å². The predicted molar refractivity (Wildman–Crippen MR) is 43.7 cm³/mol. The molecule has 1 aliphatic rings. The lowest BCUT2D eigenvalue weighted by atomic mass is 10.6. The third kappa shape index (κ3) is 9.13. The van der Waals surface area contributed by atoms with E-state index >= 15 is 0 Å². The average Bonchev–Trinajstić information content (AvgIpc) is 2.84. The molecule has 0 spiro atoms. The minimum atomic E-state index is -0.501. The lowest BCUT2D eigenvalue weighted by molar-refractivity contribution is -0.138. The highest BCUT2D eigenvalue weighted by Gasteiger charge is 2.13. The second-order valence-corrected chi connectivity index (χ2v) is 2.24. The Morgan fingerprint density at radius 1 is 1.92 bits per heavy atom. The zero-order valence-electron chi connectivity index (χ0n) is 7.16. The highest BCUT2D eigenvalue weighted by atomic mass is 16.6. The van der Waals surface area contributed by atoms with E-state index in [1.807, 2.05) is 0 Å². The number of carbonyl (C=O) groups is 1. The molecule has 1 saturated heterocycles. The number of rotatable bonds is 3. The van der Waals surface area contributed by atoms with E-state index in [4.69, 9.17) is 9.84 Å². The first-order valence-corrected chi connectivity index (χ1v) is 3.72. The van der Waals surface area contributed by atoms with Gasteiger partial charge in [0.05, 0.1) is 19.3 Å². The van der Waals surface area contributed by atoms with Gasteiger partial charge in [0.2, 0.25) is 0 Å². The molecule has 4 nitrogen and oxygen atoms in total. The molecule has 0 aliphatic carbocycles. The molecule has 1 heterocycles. The lowest BCUT2D eigenvalue weighted by Gasteiger charge is -1.94. The minimum Gasteiger partial charge on any atom is -0.460 e. The second kappa shape index (κ2) is 6.82. The first kappa shape index (κ1) is 11.1. The number of hydrogen-bond donors (Lipinski definition) is 1. The highest BCUT2D eigenvalue weighted by molar-refractivity contribution is 5.81. The molecule has 0 radical (unpaired) electrons. The first-order chi connectivity index (χ1) is 5.70. The predicted octanol–water partition coefficient (Wildman–Crippen LogP) is 0.113. The van der Waals surface area contributed by atoms with Crippen molar-refractivity contribution in [2.75, 3.05) is 19.8 Å². The Hall–Kier alpha value is -0.870. The monoisotopic (exact) mass is 174 g/mol. The summed E-state index contributed by atoms with van der Waals surface area (Å²) in [6.45, 7) is 6.11. The van der Waals surface area contributed by atoms with Gasteiger partial charge < -0.3 is 14.6 Å². The molecule has 1 rings (SSSR count). The second-order valence-electron chi connectivity index (χ2n) is 2.24. The molecule has 1 fully saturated rings. The Morgan fingerprint density at radius 2 is 2.42 bits per heavy atom. The standard InChI is InChI=1S/C5H8O3.C3H6O/c1-2-5(7)8-4-3-6;1-3-2-4-3/h2,6H,1,3-4H2;3H,2H2,1H3. The SMILES string of the molecule is C=CC(=O)OCCO.CC1CO1. The summed E-state index contributed by atoms with van der Waals surface area (Å²) in [5.41, 5.74) is 0. The molecule has 0 aromatic carbocycles. The maximum Gasteiger partial charge on any atom is 0.330 e. The number of epoxide rings is 1. The van der Waals surface area contributed by atoms with E-state index < -0.39 is 5.97 Å². The topological polar surface area (TPSA) is 59.1 Å². The van der Waals surface area contributed by atoms with Gasteiger partial charge in [-0.1, -0.05) is 6.58 Å². The third-order valence-electron chi connectivity index (χ3n) is 1.00. The van der Waals surface area contributed by atoms with Crippen LogP contribution in [0, 0.1) is 0 Å². The molecule has 0 saturated carbocycles. The van der Waals surface area contributed by atoms with Crippen LogP contribution in [0.25, 0.3) is 0 Å². The first-order valence-electron chi connectivity index (χ1n) is 3.72. The molecule has 1 aliphatic heterocycles. The van der Waals surface area contributed by atoms with Gasteiger partial charge in [0.25, 0.3) is 0 Å². The maximum atomic E-state index is 10.1. The minimum absolute atomic E-state index is 0.0465. The Balaban J connectivity index is 0.000000247. The number of ether oxygens (including phenoxy) is 2. The number of aliphatic hydroxyl groups excluding tert-OH is 1. The van der Waals surface area contributed by atoms with Crippen LogP contribution in [0.3, 0.4) is 0 Å². The van der Waals surface area contributed by atoms with Gasteiger partial charge in [-0.2, -0.15) is 0 Å². The van der Waals surface area contributed by atoms with Crippen molar-refractivity contribution >= 4 is 5.97 Å². The van der Waals surface area contributed by atoms with Gasteiger partial charge in [0.15, 0.2) is 0 Å². The van der Waals surface area contributed by atoms with Gasteiger partial charge in [-0.15, -0.1) is 0 Å². The molecule has 4 heteroatoms. The molecule has 12 heavy (non-hydrogen) atoms. The van der Waals surface area contributed by atoms with Gasteiger partial charge >= 0.3 is 5.97 Å². The Labute approximate surface area is 71.8 Å². The molecule has 0 aromatic heterocycles. The van der Waals surface area contributed by atoms with Crippen LogP contribution in [0.15, 0.2) is 12.7 Å². The van der Waals surface area contributed by atoms with Crippen LogP contribution >= 0.6 is 0 Å². The normalized spacial score (nSPS) is 18.7. The van der Waals surface area contributed by atoms with Crippen LogP contribution in [0.2, 0.25) is 0 Å². The smallest absolute Gasteiger partial charge is 0.330 e. The van der Waals surface area contributed by atoms with Gasteiger partial charge in [0, 0.05) is 6.08 Å². The number of carbonyl (C=O) groups excluding carboxylic acids is 1. The van der Waals surface area contributed by atoms with Crippen molar-refractivity contribution in [1.29, 1.82) is 0 Å². The summed E-state index contributed by atoms with van der Waals surface area (Å²) < 4.78 is 9.04. The van der Waals surface area contributed by atoms with Crippen LogP contribution in [-0.4, -0.2) is 37.0 Å². The number of esters is 1. The van der Waals surface area contributed by atoms with E-state index in [1.165, 1.54) is 0 Å². The fourth-order valence-electron chi connectivity index (χ4n) is 0.301. The summed E-state index contributed by atoms with van der Waals surface area (Å²) in [5, 5.41) is 8.10. The van der Waals surface area contributed by atoms with E-state index in [0.717, 1.165) is 12.7 Å². The van der Waals surface area contributed by atoms with Gasteiger partial charge in [-0.3, -0.25) is 0 Å². The van der Waals surface area contributed by atoms with Crippen molar-refractivity contribution in [1.82, 2.24) is 0 Å². The lowest BCUT2D eigenvalue weighted by Crippen LogP contribution is -2.04. The van der Waals surface area contributed by atoms with E-state index in [9.17, 15) is 4.79 Å². The maximum absolute atomic E-state index is 10.1. The van der Waals surface area contributed by atoms with Crippen molar-refractivity contribution in [3.8, 4) is 0 Å².